The van der Waals surface area contributed by atoms with Crippen molar-refractivity contribution in [3.05, 3.63) is 28.2 Å². The Kier molecular flexibility index (Phi) is 3.44. The molecule has 4 heteroatoms. The highest BCUT2D eigenvalue weighted by atomic mass is 32.1. The van der Waals surface area contributed by atoms with Crippen LogP contribution >= 0.6 is 11.3 Å². The van der Waals surface area contributed by atoms with Gasteiger partial charge in [-0.1, -0.05) is 19.1 Å². The SMILES string of the molecule is CCc1cnc([C@H](C)NC(=O)[C@@H]2C[C@H]3C=C[C@H]2C3)s1. The zero-order valence-electron chi connectivity index (χ0n) is 11.4. The van der Waals surface area contributed by atoms with E-state index in [1.807, 2.05) is 13.1 Å². The molecule has 19 heavy (non-hydrogen) atoms. The first-order valence-electron chi connectivity index (χ1n) is 7.10. The summed E-state index contributed by atoms with van der Waals surface area (Å²) in [5, 5.41) is 4.15. The number of carbonyl (C=O) groups is 1. The number of rotatable bonds is 4. The minimum atomic E-state index is 0.0286. The molecule has 3 rings (SSSR count). The van der Waals surface area contributed by atoms with E-state index in [4.69, 9.17) is 0 Å². The fraction of sp³-hybridized carbons (Fsp3) is 0.600. The van der Waals surface area contributed by atoms with Crippen molar-refractivity contribution < 1.29 is 4.79 Å². The molecule has 2 aliphatic rings. The molecule has 3 nitrogen and oxygen atoms in total. The van der Waals surface area contributed by atoms with Gasteiger partial charge < -0.3 is 5.32 Å². The maximum absolute atomic E-state index is 12.3. The quantitative estimate of drug-likeness (QED) is 0.859. The first-order chi connectivity index (χ1) is 9.17. The molecule has 2 aliphatic carbocycles. The van der Waals surface area contributed by atoms with Gasteiger partial charge in [-0.25, -0.2) is 4.98 Å². The molecule has 1 saturated carbocycles. The van der Waals surface area contributed by atoms with Crippen LogP contribution in [-0.2, 0) is 11.2 Å². The molecule has 1 heterocycles. The van der Waals surface area contributed by atoms with Crippen LogP contribution in [0.5, 0.6) is 0 Å². The Balaban J connectivity index is 1.61. The fourth-order valence-corrected chi connectivity index (χ4v) is 4.01. The highest BCUT2D eigenvalue weighted by Gasteiger charge is 2.40. The Labute approximate surface area is 118 Å². The molecule has 0 aliphatic heterocycles. The second-order valence-corrected chi connectivity index (χ2v) is 6.78. The zero-order valence-corrected chi connectivity index (χ0v) is 12.2. The first-order valence-corrected chi connectivity index (χ1v) is 7.92. The van der Waals surface area contributed by atoms with Crippen molar-refractivity contribution in [2.75, 3.05) is 0 Å². The summed E-state index contributed by atoms with van der Waals surface area (Å²) >= 11 is 1.70. The third-order valence-corrected chi connectivity index (χ3v) is 5.59. The van der Waals surface area contributed by atoms with Gasteiger partial charge in [0.1, 0.15) is 5.01 Å². The number of hydrogen-bond acceptors (Lipinski definition) is 3. The monoisotopic (exact) mass is 276 g/mol. The highest BCUT2D eigenvalue weighted by molar-refractivity contribution is 7.11. The lowest BCUT2D eigenvalue weighted by atomic mass is 9.92. The second kappa shape index (κ2) is 5.08. The minimum absolute atomic E-state index is 0.0286. The van der Waals surface area contributed by atoms with Crippen LogP contribution in [0.1, 0.15) is 42.6 Å². The number of hydrogen-bond donors (Lipinski definition) is 1. The summed E-state index contributed by atoms with van der Waals surface area (Å²) in [5.74, 6) is 1.50. The van der Waals surface area contributed by atoms with Crippen molar-refractivity contribution in [3.8, 4) is 0 Å². The number of nitrogens with zero attached hydrogens (tertiary/aromatic N) is 1. The van der Waals surface area contributed by atoms with Gasteiger partial charge in [0, 0.05) is 17.0 Å². The Bertz CT molecular complexity index is 508. The molecule has 1 N–H and O–H groups in total. The van der Waals surface area contributed by atoms with Gasteiger partial charge >= 0.3 is 0 Å². The number of nitrogens with one attached hydrogen (secondary N) is 1. The molecular formula is C15H20N2OS. The zero-order chi connectivity index (χ0) is 13.4. The van der Waals surface area contributed by atoms with Crippen LogP contribution in [0.25, 0.3) is 0 Å². The lowest BCUT2D eigenvalue weighted by Gasteiger charge is -2.20. The average molecular weight is 276 g/mol. The molecule has 0 spiro atoms. The van der Waals surface area contributed by atoms with Crippen LogP contribution in [0.3, 0.4) is 0 Å². The normalized spacial score (nSPS) is 29.7. The van der Waals surface area contributed by atoms with E-state index in [1.54, 1.807) is 11.3 Å². The third kappa shape index (κ3) is 2.46. The van der Waals surface area contributed by atoms with E-state index >= 15 is 0 Å². The maximum atomic E-state index is 12.3. The van der Waals surface area contributed by atoms with E-state index in [1.165, 1.54) is 11.3 Å². The van der Waals surface area contributed by atoms with Crippen LogP contribution in [0.2, 0.25) is 0 Å². The summed E-state index contributed by atoms with van der Waals surface area (Å²) in [4.78, 5) is 18.0. The highest BCUT2D eigenvalue weighted by Crippen LogP contribution is 2.43. The number of aromatic nitrogens is 1. The number of allylic oxidation sites excluding steroid dienone is 2. The second-order valence-electron chi connectivity index (χ2n) is 5.64. The summed E-state index contributed by atoms with van der Waals surface area (Å²) in [7, 11) is 0. The molecule has 0 radical (unpaired) electrons. The van der Waals surface area contributed by atoms with E-state index in [0.717, 1.165) is 17.8 Å². The average Bonchev–Trinajstić information content (AvgIpc) is 3.13. The van der Waals surface area contributed by atoms with Gasteiger partial charge in [-0.3, -0.25) is 4.79 Å². The smallest absolute Gasteiger partial charge is 0.224 e. The van der Waals surface area contributed by atoms with E-state index in [0.29, 0.717) is 11.8 Å². The Morgan fingerprint density at radius 1 is 1.53 bits per heavy atom. The van der Waals surface area contributed by atoms with Gasteiger partial charge in [0.25, 0.3) is 0 Å². The first kappa shape index (κ1) is 12.9. The molecule has 1 amide bonds. The number of carbonyl (C=O) groups excluding carboxylic acids is 1. The predicted octanol–water partition coefficient (Wildman–Crippen LogP) is 3.09. The summed E-state index contributed by atoms with van der Waals surface area (Å²) in [6.45, 7) is 4.15. The van der Waals surface area contributed by atoms with Gasteiger partial charge in [0.05, 0.1) is 6.04 Å². The van der Waals surface area contributed by atoms with E-state index in [-0.39, 0.29) is 17.9 Å². The van der Waals surface area contributed by atoms with Crippen molar-refractivity contribution in [2.24, 2.45) is 17.8 Å². The molecular weight excluding hydrogens is 256 g/mol. The molecule has 102 valence electrons. The molecule has 1 fully saturated rings. The van der Waals surface area contributed by atoms with Crippen molar-refractivity contribution in [2.45, 2.75) is 39.2 Å². The largest absolute Gasteiger partial charge is 0.347 e. The van der Waals surface area contributed by atoms with Gasteiger partial charge in [0.2, 0.25) is 5.91 Å². The van der Waals surface area contributed by atoms with Crippen molar-refractivity contribution in [1.82, 2.24) is 10.3 Å². The van der Waals surface area contributed by atoms with Gasteiger partial charge in [-0.2, -0.15) is 0 Å². The molecule has 2 bridgehead atoms. The summed E-state index contributed by atoms with van der Waals surface area (Å²) in [6.07, 6.45) is 9.62. The fourth-order valence-electron chi connectivity index (χ4n) is 3.15. The van der Waals surface area contributed by atoms with E-state index in [2.05, 4.69) is 29.4 Å². The molecule has 1 aromatic rings. The van der Waals surface area contributed by atoms with Crippen molar-refractivity contribution in [1.29, 1.82) is 0 Å². The van der Waals surface area contributed by atoms with Crippen LogP contribution < -0.4 is 5.32 Å². The molecule has 0 aromatic carbocycles. The summed E-state index contributed by atoms with van der Waals surface area (Å²) < 4.78 is 0. The molecule has 4 atom stereocenters. The van der Waals surface area contributed by atoms with Crippen molar-refractivity contribution >= 4 is 17.2 Å². The predicted molar refractivity (Wildman–Crippen MR) is 76.9 cm³/mol. The van der Waals surface area contributed by atoms with E-state index < -0.39 is 0 Å². The van der Waals surface area contributed by atoms with Crippen LogP contribution in [0.4, 0.5) is 0 Å². The number of amides is 1. The van der Waals surface area contributed by atoms with Crippen LogP contribution in [0.15, 0.2) is 18.3 Å². The van der Waals surface area contributed by atoms with Crippen LogP contribution in [0, 0.1) is 17.8 Å². The van der Waals surface area contributed by atoms with Gasteiger partial charge in [-0.15, -0.1) is 11.3 Å². The number of aryl methyl sites for hydroxylation is 1. The lowest BCUT2D eigenvalue weighted by molar-refractivity contribution is -0.126. The number of fused-ring (bicyclic) bond motifs is 2. The van der Waals surface area contributed by atoms with Crippen LogP contribution in [-0.4, -0.2) is 10.9 Å². The standard InChI is InChI=1S/C15H20N2OS/c1-3-12-8-16-15(19-12)9(2)17-14(18)13-7-10-4-5-11(13)6-10/h4-5,8-11,13H,3,6-7H2,1-2H3,(H,17,18)/t9-,10-,11-,13+/m0/s1. The Morgan fingerprint density at radius 2 is 2.37 bits per heavy atom. The molecule has 0 unspecified atom stereocenters. The Morgan fingerprint density at radius 3 is 2.95 bits per heavy atom. The van der Waals surface area contributed by atoms with Crippen molar-refractivity contribution in [3.63, 3.8) is 0 Å². The Hall–Kier alpha value is -1.16. The van der Waals surface area contributed by atoms with Gasteiger partial charge in [0.15, 0.2) is 0 Å². The maximum Gasteiger partial charge on any atom is 0.224 e. The van der Waals surface area contributed by atoms with Gasteiger partial charge in [-0.05, 0) is 38.0 Å². The minimum Gasteiger partial charge on any atom is -0.347 e. The lowest BCUT2D eigenvalue weighted by Crippen LogP contribution is -2.34. The summed E-state index contributed by atoms with van der Waals surface area (Å²) in [6, 6.07) is 0.0286. The van der Waals surface area contributed by atoms with E-state index in [9.17, 15) is 4.79 Å². The number of thiazole rings is 1. The molecule has 0 saturated heterocycles. The third-order valence-electron chi connectivity index (χ3n) is 4.26. The molecule has 1 aromatic heterocycles. The summed E-state index contributed by atoms with van der Waals surface area (Å²) in [5.41, 5.74) is 0. The topological polar surface area (TPSA) is 42.0 Å².